The van der Waals surface area contributed by atoms with E-state index in [0.717, 1.165) is 11.1 Å². The maximum atomic E-state index is 12.2. The van der Waals surface area contributed by atoms with Crippen LogP contribution in [0.25, 0.3) is 0 Å². The predicted octanol–water partition coefficient (Wildman–Crippen LogP) is 2.59. The molecule has 2 aromatic heterocycles. The molecule has 0 aliphatic carbocycles. The summed E-state index contributed by atoms with van der Waals surface area (Å²) in [5.74, 6) is 0.0589. The van der Waals surface area contributed by atoms with E-state index in [0.29, 0.717) is 18.2 Å². The minimum absolute atomic E-state index is 0.0882. The van der Waals surface area contributed by atoms with Gasteiger partial charge < -0.3 is 15.0 Å². The van der Waals surface area contributed by atoms with E-state index >= 15 is 0 Å². The molecule has 0 fully saturated rings. The van der Waals surface area contributed by atoms with Crippen LogP contribution in [0.5, 0.6) is 5.88 Å². The molecule has 6 heteroatoms. The van der Waals surface area contributed by atoms with Crippen molar-refractivity contribution >= 4 is 5.91 Å². The molecular formula is C20H19N3O3. The molecule has 0 unspecified atom stereocenters. The van der Waals surface area contributed by atoms with Gasteiger partial charge in [-0.3, -0.25) is 9.59 Å². The third-order valence-electron chi connectivity index (χ3n) is 3.78. The second kappa shape index (κ2) is 8.11. The molecule has 2 N–H and O–H groups in total. The van der Waals surface area contributed by atoms with Gasteiger partial charge in [0.15, 0.2) is 0 Å². The van der Waals surface area contributed by atoms with Gasteiger partial charge in [-0.1, -0.05) is 30.3 Å². The zero-order chi connectivity index (χ0) is 18.4. The molecule has 6 nitrogen and oxygen atoms in total. The van der Waals surface area contributed by atoms with Crippen LogP contribution in [0.1, 0.15) is 27.2 Å². The van der Waals surface area contributed by atoms with E-state index in [9.17, 15) is 9.59 Å². The van der Waals surface area contributed by atoms with Crippen LogP contribution in [0.3, 0.4) is 0 Å². The van der Waals surface area contributed by atoms with E-state index in [1.807, 2.05) is 30.3 Å². The predicted molar refractivity (Wildman–Crippen MR) is 98.0 cm³/mol. The summed E-state index contributed by atoms with van der Waals surface area (Å²) in [5, 5.41) is 2.73. The maximum absolute atomic E-state index is 12.2. The SMILES string of the molecule is Cc1ccc(C(=O)NCc2ccnc(OCc3ccccc3)c2)c(=O)[nH]1. The van der Waals surface area contributed by atoms with Crippen molar-refractivity contribution in [3.05, 3.63) is 93.5 Å². The number of aromatic nitrogens is 2. The Kier molecular flexibility index (Phi) is 5.43. The Balaban J connectivity index is 1.60. The van der Waals surface area contributed by atoms with Gasteiger partial charge in [-0.2, -0.15) is 0 Å². The molecule has 0 atom stereocenters. The first-order chi connectivity index (χ1) is 12.6. The van der Waals surface area contributed by atoms with Gasteiger partial charge in [0.1, 0.15) is 12.2 Å². The van der Waals surface area contributed by atoms with Gasteiger partial charge in [-0.05, 0) is 36.2 Å². The minimum atomic E-state index is -0.421. The Labute approximate surface area is 150 Å². The number of nitrogens with zero attached hydrogens (tertiary/aromatic N) is 1. The van der Waals surface area contributed by atoms with Gasteiger partial charge >= 0.3 is 0 Å². The summed E-state index contributed by atoms with van der Waals surface area (Å²) in [7, 11) is 0. The molecular weight excluding hydrogens is 330 g/mol. The zero-order valence-electron chi connectivity index (χ0n) is 14.4. The van der Waals surface area contributed by atoms with Gasteiger partial charge in [-0.15, -0.1) is 0 Å². The fourth-order valence-corrected chi connectivity index (χ4v) is 2.40. The third-order valence-corrected chi connectivity index (χ3v) is 3.78. The molecule has 2 heterocycles. The van der Waals surface area contributed by atoms with Crippen LogP contribution in [-0.4, -0.2) is 15.9 Å². The highest BCUT2D eigenvalue weighted by Crippen LogP contribution is 2.12. The van der Waals surface area contributed by atoms with Crippen LogP contribution in [-0.2, 0) is 13.2 Å². The van der Waals surface area contributed by atoms with E-state index in [1.165, 1.54) is 6.07 Å². The Morgan fingerprint density at radius 2 is 1.92 bits per heavy atom. The number of amides is 1. The molecule has 0 spiro atoms. The number of hydrogen-bond acceptors (Lipinski definition) is 4. The number of ether oxygens (including phenoxy) is 1. The number of carbonyl (C=O) groups is 1. The zero-order valence-corrected chi connectivity index (χ0v) is 14.4. The lowest BCUT2D eigenvalue weighted by Gasteiger charge is -2.08. The summed E-state index contributed by atoms with van der Waals surface area (Å²) in [6, 6.07) is 16.6. The molecule has 26 heavy (non-hydrogen) atoms. The van der Waals surface area contributed by atoms with Crippen molar-refractivity contribution in [2.75, 3.05) is 0 Å². The first-order valence-corrected chi connectivity index (χ1v) is 8.21. The highest BCUT2D eigenvalue weighted by atomic mass is 16.5. The van der Waals surface area contributed by atoms with E-state index in [2.05, 4.69) is 15.3 Å². The molecule has 0 saturated heterocycles. The molecule has 132 valence electrons. The second-order valence-electron chi connectivity index (χ2n) is 5.84. The van der Waals surface area contributed by atoms with Crippen molar-refractivity contribution < 1.29 is 9.53 Å². The minimum Gasteiger partial charge on any atom is -0.473 e. The van der Waals surface area contributed by atoms with E-state index in [-0.39, 0.29) is 12.1 Å². The molecule has 0 aliphatic rings. The Morgan fingerprint density at radius 1 is 1.12 bits per heavy atom. The lowest BCUT2D eigenvalue weighted by atomic mass is 10.2. The molecule has 0 aliphatic heterocycles. The molecule has 3 aromatic rings. The Hall–Kier alpha value is -3.41. The molecule has 1 aromatic carbocycles. The van der Waals surface area contributed by atoms with Crippen molar-refractivity contribution in [1.29, 1.82) is 0 Å². The average Bonchev–Trinajstić information content (AvgIpc) is 2.66. The van der Waals surface area contributed by atoms with E-state index < -0.39 is 11.5 Å². The number of benzene rings is 1. The second-order valence-corrected chi connectivity index (χ2v) is 5.84. The fourth-order valence-electron chi connectivity index (χ4n) is 2.40. The van der Waals surface area contributed by atoms with Crippen LogP contribution in [0.15, 0.2) is 65.6 Å². The smallest absolute Gasteiger partial charge is 0.260 e. The monoisotopic (exact) mass is 349 g/mol. The van der Waals surface area contributed by atoms with Crippen molar-refractivity contribution in [2.45, 2.75) is 20.1 Å². The van der Waals surface area contributed by atoms with Gasteiger partial charge in [-0.25, -0.2) is 4.98 Å². The summed E-state index contributed by atoms with van der Waals surface area (Å²) in [4.78, 5) is 30.8. The molecule has 0 saturated carbocycles. The van der Waals surface area contributed by atoms with Gasteiger partial charge in [0.2, 0.25) is 5.88 Å². The van der Waals surface area contributed by atoms with Crippen LogP contribution in [0.4, 0.5) is 0 Å². The number of pyridine rings is 2. The van der Waals surface area contributed by atoms with E-state index in [4.69, 9.17) is 4.74 Å². The van der Waals surface area contributed by atoms with E-state index in [1.54, 1.807) is 31.3 Å². The van der Waals surface area contributed by atoms with Crippen LogP contribution >= 0.6 is 0 Å². The van der Waals surface area contributed by atoms with Crippen molar-refractivity contribution in [3.8, 4) is 5.88 Å². The summed E-state index contributed by atoms with van der Waals surface area (Å²) >= 11 is 0. The Morgan fingerprint density at radius 3 is 2.69 bits per heavy atom. The number of aromatic amines is 1. The first kappa shape index (κ1) is 17.4. The van der Waals surface area contributed by atoms with Crippen molar-refractivity contribution in [1.82, 2.24) is 15.3 Å². The summed E-state index contributed by atoms with van der Waals surface area (Å²) < 4.78 is 5.68. The maximum Gasteiger partial charge on any atom is 0.260 e. The van der Waals surface area contributed by atoms with Gasteiger partial charge in [0.05, 0.1) is 0 Å². The quantitative estimate of drug-likeness (QED) is 0.716. The molecule has 0 radical (unpaired) electrons. The third kappa shape index (κ3) is 4.57. The van der Waals surface area contributed by atoms with Gasteiger partial charge in [0.25, 0.3) is 11.5 Å². The lowest BCUT2D eigenvalue weighted by Crippen LogP contribution is -2.29. The molecule has 0 bridgehead atoms. The molecule has 1 amide bonds. The Bertz CT molecular complexity index is 952. The summed E-state index contributed by atoms with van der Waals surface area (Å²) in [6.45, 7) is 2.45. The summed E-state index contributed by atoms with van der Waals surface area (Å²) in [5.41, 5.74) is 2.28. The fraction of sp³-hybridized carbons (Fsp3) is 0.150. The normalized spacial score (nSPS) is 10.3. The van der Waals surface area contributed by atoms with Crippen LogP contribution in [0.2, 0.25) is 0 Å². The number of nitrogens with one attached hydrogen (secondary N) is 2. The van der Waals surface area contributed by atoms with Crippen LogP contribution < -0.4 is 15.6 Å². The standard InChI is InChI=1S/C20H19N3O3/c1-14-7-8-17(20(25)23-14)19(24)22-12-16-9-10-21-18(11-16)26-13-15-5-3-2-4-6-15/h2-11H,12-13H2,1H3,(H,22,24)(H,23,25). The number of aryl methyl sites for hydroxylation is 1. The molecule has 3 rings (SSSR count). The first-order valence-electron chi connectivity index (χ1n) is 8.21. The van der Waals surface area contributed by atoms with Gasteiger partial charge in [0, 0.05) is 24.5 Å². The van der Waals surface area contributed by atoms with Crippen LogP contribution in [0, 0.1) is 6.92 Å². The summed E-state index contributed by atoms with van der Waals surface area (Å²) in [6.07, 6.45) is 1.63. The average molecular weight is 349 g/mol. The lowest BCUT2D eigenvalue weighted by molar-refractivity contribution is 0.0949. The largest absolute Gasteiger partial charge is 0.473 e. The van der Waals surface area contributed by atoms with Crippen molar-refractivity contribution in [2.24, 2.45) is 0 Å². The highest BCUT2D eigenvalue weighted by molar-refractivity contribution is 5.93. The number of rotatable bonds is 6. The number of carbonyl (C=O) groups excluding carboxylic acids is 1. The number of hydrogen-bond donors (Lipinski definition) is 2. The highest BCUT2D eigenvalue weighted by Gasteiger charge is 2.10. The number of H-pyrrole nitrogens is 1. The topological polar surface area (TPSA) is 84.1 Å². The van der Waals surface area contributed by atoms with Crippen molar-refractivity contribution in [3.63, 3.8) is 0 Å².